The second-order valence-electron chi connectivity index (χ2n) is 3.93. The molecular weight excluding hydrogens is 290 g/mol. The first-order valence-electron chi connectivity index (χ1n) is 5.43. The molecule has 0 aliphatic heterocycles. The van der Waals surface area contributed by atoms with Gasteiger partial charge in [0.15, 0.2) is 17.4 Å². The average Bonchev–Trinajstić information content (AvgIpc) is 2.42. The standard InChI is InChI=1S/C14H7ClF2O3/c15-10-6-12(17)11(16)5-9(10)13(18)7-3-1-2-4-8(7)14(19)20/h1-6H,(H,19,20). The highest BCUT2D eigenvalue weighted by molar-refractivity contribution is 6.35. The van der Waals surface area contributed by atoms with Crippen LogP contribution in [0.1, 0.15) is 26.3 Å². The first-order valence-corrected chi connectivity index (χ1v) is 5.81. The molecule has 2 aromatic carbocycles. The summed E-state index contributed by atoms with van der Waals surface area (Å²) < 4.78 is 26.2. The van der Waals surface area contributed by atoms with Gasteiger partial charge in [-0.25, -0.2) is 13.6 Å². The molecule has 0 aliphatic rings. The number of hydrogen-bond acceptors (Lipinski definition) is 2. The molecule has 2 rings (SSSR count). The number of carbonyl (C=O) groups excluding carboxylic acids is 1. The van der Waals surface area contributed by atoms with Gasteiger partial charge in [-0.2, -0.15) is 0 Å². The molecule has 2 aromatic rings. The van der Waals surface area contributed by atoms with Crippen LogP contribution in [0.15, 0.2) is 36.4 Å². The second kappa shape index (κ2) is 5.38. The molecule has 0 fully saturated rings. The Morgan fingerprint density at radius 2 is 1.50 bits per heavy atom. The van der Waals surface area contributed by atoms with Crippen molar-refractivity contribution in [2.75, 3.05) is 0 Å². The maximum atomic E-state index is 13.2. The minimum absolute atomic E-state index is 0.145. The number of carboxylic acid groups (broad SMARTS) is 1. The molecule has 0 saturated heterocycles. The van der Waals surface area contributed by atoms with E-state index in [0.717, 1.165) is 0 Å². The Labute approximate surface area is 117 Å². The molecule has 0 unspecified atom stereocenters. The molecule has 0 saturated carbocycles. The molecule has 0 radical (unpaired) electrons. The Balaban J connectivity index is 2.58. The summed E-state index contributed by atoms with van der Waals surface area (Å²) in [7, 11) is 0. The molecule has 6 heteroatoms. The van der Waals surface area contributed by atoms with Gasteiger partial charge in [0.1, 0.15) is 0 Å². The van der Waals surface area contributed by atoms with Crippen molar-refractivity contribution >= 4 is 23.4 Å². The topological polar surface area (TPSA) is 54.4 Å². The first kappa shape index (κ1) is 14.1. The summed E-state index contributed by atoms with van der Waals surface area (Å²) in [5.74, 6) is -4.50. The minimum atomic E-state index is -1.30. The van der Waals surface area contributed by atoms with Gasteiger partial charge in [-0.3, -0.25) is 4.79 Å². The molecular formula is C14H7ClF2O3. The summed E-state index contributed by atoms with van der Waals surface area (Å²) >= 11 is 5.70. The zero-order chi connectivity index (χ0) is 14.9. The first-order chi connectivity index (χ1) is 9.41. The predicted octanol–water partition coefficient (Wildman–Crippen LogP) is 3.55. The Kier molecular flexibility index (Phi) is 3.81. The van der Waals surface area contributed by atoms with Gasteiger partial charge in [-0.1, -0.05) is 29.8 Å². The molecule has 3 nitrogen and oxygen atoms in total. The van der Waals surface area contributed by atoms with Crippen molar-refractivity contribution < 1.29 is 23.5 Å². The fourth-order valence-electron chi connectivity index (χ4n) is 1.71. The number of ketones is 1. The van der Waals surface area contributed by atoms with Crippen molar-refractivity contribution in [3.63, 3.8) is 0 Å². The fraction of sp³-hybridized carbons (Fsp3) is 0. The minimum Gasteiger partial charge on any atom is -0.478 e. The summed E-state index contributed by atoms with van der Waals surface area (Å²) in [5.41, 5.74) is -0.675. The van der Waals surface area contributed by atoms with Gasteiger partial charge in [-0.15, -0.1) is 0 Å². The summed E-state index contributed by atoms with van der Waals surface area (Å²) in [5, 5.41) is 8.73. The van der Waals surface area contributed by atoms with Gasteiger partial charge in [0.05, 0.1) is 10.6 Å². The number of carboxylic acids is 1. The molecule has 0 bridgehead atoms. The van der Waals surface area contributed by atoms with Crippen LogP contribution in [0.3, 0.4) is 0 Å². The Morgan fingerprint density at radius 3 is 2.10 bits per heavy atom. The maximum Gasteiger partial charge on any atom is 0.336 e. The van der Waals surface area contributed by atoms with Crippen LogP contribution in [0.4, 0.5) is 8.78 Å². The van der Waals surface area contributed by atoms with Gasteiger partial charge < -0.3 is 5.11 Å². The van der Waals surface area contributed by atoms with Gasteiger partial charge in [0.2, 0.25) is 0 Å². The number of carbonyl (C=O) groups is 2. The highest BCUT2D eigenvalue weighted by Gasteiger charge is 2.21. The lowest BCUT2D eigenvalue weighted by Crippen LogP contribution is -2.10. The molecule has 0 atom stereocenters. The summed E-state index contributed by atoms with van der Waals surface area (Å²) in [6.07, 6.45) is 0. The molecule has 20 heavy (non-hydrogen) atoms. The second-order valence-corrected chi connectivity index (χ2v) is 4.33. The summed E-state index contributed by atoms with van der Waals surface area (Å²) in [4.78, 5) is 23.3. The quantitative estimate of drug-likeness (QED) is 0.696. The van der Waals surface area contributed by atoms with Crippen LogP contribution in [0.25, 0.3) is 0 Å². The van der Waals surface area contributed by atoms with Crippen LogP contribution in [0.2, 0.25) is 5.02 Å². The van der Waals surface area contributed by atoms with E-state index in [1.807, 2.05) is 0 Å². The van der Waals surface area contributed by atoms with E-state index in [1.165, 1.54) is 24.3 Å². The van der Waals surface area contributed by atoms with Crippen molar-refractivity contribution in [2.45, 2.75) is 0 Å². The Morgan fingerprint density at radius 1 is 0.950 bits per heavy atom. The molecule has 0 aromatic heterocycles. The summed E-state index contributed by atoms with van der Waals surface area (Å²) in [6, 6.07) is 6.76. The van der Waals surface area contributed by atoms with Crippen LogP contribution in [0.5, 0.6) is 0 Å². The van der Waals surface area contributed by atoms with Crippen LogP contribution in [-0.2, 0) is 0 Å². The number of benzene rings is 2. The van der Waals surface area contributed by atoms with E-state index >= 15 is 0 Å². The highest BCUT2D eigenvalue weighted by atomic mass is 35.5. The third-order valence-corrected chi connectivity index (χ3v) is 2.97. The zero-order valence-electron chi connectivity index (χ0n) is 9.86. The molecule has 102 valence electrons. The summed E-state index contributed by atoms with van der Waals surface area (Å²) in [6.45, 7) is 0. The predicted molar refractivity (Wildman–Crippen MR) is 68.2 cm³/mol. The van der Waals surface area contributed by atoms with Gasteiger partial charge in [-0.05, 0) is 18.2 Å². The third kappa shape index (κ3) is 2.53. The van der Waals surface area contributed by atoms with Crippen molar-refractivity contribution in [1.29, 1.82) is 0 Å². The molecule has 0 amide bonds. The molecule has 0 heterocycles. The average molecular weight is 297 g/mol. The van der Waals surface area contributed by atoms with E-state index in [9.17, 15) is 18.4 Å². The van der Waals surface area contributed by atoms with E-state index in [4.69, 9.17) is 16.7 Å². The van der Waals surface area contributed by atoms with E-state index in [0.29, 0.717) is 12.1 Å². The van der Waals surface area contributed by atoms with Crippen LogP contribution < -0.4 is 0 Å². The largest absolute Gasteiger partial charge is 0.478 e. The SMILES string of the molecule is O=C(O)c1ccccc1C(=O)c1cc(F)c(F)cc1Cl. The number of aromatic carboxylic acids is 1. The van der Waals surface area contributed by atoms with E-state index in [-0.39, 0.29) is 21.7 Å². The maximum absolute atomic E-state index is 13.2. The van der Waals surface area contributed by atoms with Crippen LogP contribution >= 0.6 is 11.6 Å². The lowest BCUT2D eigenvalue weighted by atomic mass is 9.98. The van der Waals surface area contributed by atoms with Gasteiger partial charge in [0.25, 0.3) is 0 Å². The van der Waals surface area contributed by atoms with Gasteiger partial charge in [0, 0.05) is 11.1 Å². The Bertz CT molecular complexity index is 714. The smallest absolute Gasteiger partial charge is 0.336 e. The molecule has 0 aliphatic carbocycles. The van der Waals surface area contributed by atoms with Crippen molar-refractivity contribution in [3.8, 4) is 0 Å². The zero-order valence-corrected chi connectivity index (χ0v) is 10.6. The highest BCUT2D eigenvalue weighted by Crippen LogP contribution is 2.24. The lowest BCUT2D eigenvalue weighted by Gasteiger charge is -2.07. The fourth-order valence-corrected chi connectivity index (χ4v) is 1.95. The van der Waals surface area contributed by atoms with Crippen molar-refractivity contribution in [1.82, 2.24) is 0 Å². The number of halogens is 3. The monoisotopic (exact) mass is 296 g/mol. The lowest BCUT2D eigenvalue weighted by molar-refractivity contribution is 0.0693. The van der Waals surface area contributed by atoms with E-state index in [2.05, 4.69) is 0 Å². The number of rotatable bonds is 3. The van der Waals surface area contributed by atoms with E-state index in [1.54, 1.807) is 0 Å². The van der Waals surface area contributed by atoms with Crippen molar-refractivity contribution in [3.05, 3.63) is 69.7 Å². The van der Waals surface area contributed by atoms with E-state index < -0.39 is 23.4 Å². The normalized spacial score (nSPS) is 10.3. The third-order valence-electron chi connectivity index (χ3n) is 2.66. The number of hydrogen-bond donors (Lipinski definition) is 1. The van der Waals surface area contributed by atoms with Crippen molar-refractivity contribution in [2.24, 2.45) is 0 Å². The molecule has 1 N–H and O–H groups in total. The Hall–Kier alpha value is -2.27. The van der Waals surface area contributed by atoms with Crippen LogP contribution in [0, 0.1) is 11.6 Å². The molecule has 0 spiro atoms. The van der Waals surface area contributed by atoms with Crippen LogP contribution in [-0.4, -0.2) is 16.9 Å². The van der Waals surface area contributed by atoms with Gasteiger partial charge >= 0.3 is 5.97 Å².